The Hall–Kier alpha value is -2.15. The van der Waals surface area contributed by atoms with E-state index in [2.05, 4.69) is 5.43 Å². The quantitative estimate of drug-likeness (QED) is 0.636. The van der Waals surface area contributed by atoms with Gasteiger partial charge in [-0.2, -0.15) is 0 Å². The first-order valence-electron chi connectivity index (χ1n) is 6.12. The van der Waals surface area contributed by atoms with Crippen LogP contribution in [0.1, 0.15) is 29.6 Å². The zero-order chi connectivity index (χ0) is 13.8. The molecule has 0 aliphatic carbocycles. The predicted octanol–water partition coefficient (Wildman–Crippen LogP) is 1.43. The van der Waals surface area contributed by atoms with Crippen molar-refractivity contribution in [3.05, 3.63) is 33.9 Å². The average Bonchev–Trinajstić information content (AvgIpc) is 2.39. The fourth-order valence-electron chi connectivity index (χ4n) is 2.07. The number of amides is 1. The highest BCUT2D eigenvalue weighted by Crippen LogP contribution is 2.29. The third-order valence-corrected chi connectivity index (χ3v) is 3.07. The Morgan fingerprint density at radius 1 is 1.32 bits per heavy atom. The Balaban J connectivity index is 2.14. The molecule has 0 atom stereocenters. The number of carbonyl (C=O) groups excluding carboxylic acids is 1. The van der Waals surface area contributed by atoms with E-state index in [1.807, 2.05) is 0 Å². The minimum absolute atomic E-state index is 0.0835. The molecule has 1 aliphatic heterocycles. The standard InChI is InChI=1S/C12H15N3O4/c16-11-9(5-4-6-10(11)15(18)19)12(17)13-14-7-2-1-3-8-14/h4-6,16H,1-3,7-8H2,(H,13,17). The fraction of sp³-hybridized carbons (Fsp3) is 0.417. The molecule has 0 saturated carbocycles. The molecule has 2 rings (SSSR count). The molecule has 1 aromatic rings. The lowest BCUT2D eigenvalue weighted by Gasteiger charge is -2.26. The summed E-state index contributed by atoms with van der Waals surface area (Å²) >= 11 is 0. The highest BCUT2D eigenvalue weighted by molar-refractivity contribution is 5.97. The zero-order valence-electron chi connectivity index (χ0n) is 10.3. The van der Waals surface area contributed by atoms with E-state index in [9.17, 15) is 20.0 Å². The van der Waals surface area contributed by atoms with Crippen molar-refractivity contribution in [2.45, 2.75) is 19.3 Å². The van der Waals surface area contributed by atoms with Crippen LogP contribution in [0.5, 0.6) is 5.75 Å². The number of phenolic OH excluding ortho intramolecular Hbond substituents is 1. The molecule has 0 aromatic heterocycles. The summed E-state index contributed by atoms with van der Waals surface area (Å²) in [5.41, 5.74) is 2.10. The van der Waals surface area contributed by atoms with Gasteiger partial charge < -0.3 is 5.11 Å². The summed E-state index contributed by atoms with van der Waals surface area (Å²) in [4.78, 5) is 21.9. The number of nitrogens with zero attached hydrogens (tertiary/aromatic N) is 2. The number of aromatic hydroxyl groups is 1. The summed E-state index contributed by atoms with van der Waals surface area (Å²) in [7, 11) is 0. The second kappa shape index (κ2) is 5.66. The van der Waals surface area contributed by atoms with Crippen LogP contribution in [0, 0.1) is 10.1 Å². The summed E-state index contributed by atoms with van der Waals surface area (Å²) in [6, 6.07) is 3.90. The van der Waals surface area contributed by atoms with Gasteiger partial charge in [-0.1, -0.05) is 12.5 Å². The first-order valence-corrected chi connectivity index (χ1v) is 6.12. The van der Waals surface area contributed by atoms with Gasteiger partial charge in [-0.3, -0.25) is 20.3 Å². The Bertz CT molecular complexity index is 498. The van der Waals surface area contributed by atoms with Crippen molar-refractivity contribution in [3.8, 4) is 5.75 Å². The molecule has 0 unspecified atom stereocenters. The van der Waals surface area contributed by atoms with Gasteiger partial charge in [0, 0.05) is 19.2 Å². The van der Waals surface area contributed by atoms with Gasteiger partial charge in [-0.15, -0.1) is 0 Å². The van der Waals surface area contributed by atoms with Crippen molar-refractivity contribution in [3.63, 3.8) is 0 Å². The topological polar surface area (TPSA) is 95.7 Å². The molecule has 1 aliphatic rings. The molecule has 2 N–H and O–H groups in total. The van der Waals surface area contributed by atoms with Gasteiger partial charge >= 0.3 is 5.69 Å². The Morgan fingerprint density at radius 2 is 2.00 bits per heavy atom. The third kappa shape index (κ3) is 3.00. The van der Waals surface area contributed by atoms with Gasteiger partial charge in [-0.05, 0) is 18.9 Å². The lowest BCUT2D eigenvalue weighted by molar-refractivity contribution is -0.385. The zero-order valence-corrected chi connectivity index (χ0v) is 10.3. The number of nitro groups is 1. The van der Waals surface area contributed by atoms with Gasteiger partial charge in [0.05, 0.1) is 10.5 Å². The second-order valence-electron chi connectivity index (χ2n) is 4.42. The van der Waals surface area contributed by atoms with Crippen LogP contribution in [0.15, 0.2) is 18.2 Å². The minimum atomic E-state index is -0.715. The average molecular weight is 265 g/mol. The molecule has 1 aromatic carbocycles. The number of nitro benzene ring substituents is 1. The Kier molecular flexibility index (Phi) is 3.96. The van der Waals surface area contributed by atoms with Crippen molar-refractivity contribution in [2.24, 2.45) is 0 Å². The van der Waals surface area contributed by atoms with E-state index in [1.54, 1.807) is 5.01 Å². The van der Waals surface area contributed by atoms with Crippen molar-refractivity contribution in [1.82, 2.24) is 10.4 Å². The SMILES string of the molecule is O=C(NN1CCCCC1)c1cccc([N+](=O)[O-])c1O. The number of hydrogen-bond acceptors (Lipinski definition) is 5. The van der Waals surface area contributed by atoms with Crippen LogP contribution in [0.2, 0.25) is 0 Å². The van der Waals surface area contributed by atoms with Gasteiger partial charge in [0.25, 0.3) is 5.91 Å². The Labute approximate surface area is 110 Å². The van der Waals surface area contributed by atoms with E-state index in [-0.39, 0.29) is 5.56 Å². The maximum atomic E-state index is 12.0. The normalized spacial score (nSPS) is 16.0. The van der Waals surface area contributed by atoms with Crippen molar-refractivity contribution in [2.75, 3.05) is 13.1 Å². The van der Waals surface area contributed by atoms with E-state index in [1.165, 1.54) is 12.1 Å². The molecule has 0 bridgehead atoms. The van der Waals surface area contributed by atoms with Crippen LogP contribution in [0.4, 0.5) is 5.69 Å². The van der Waals surface area contributed by atoms with E-state index in [4.69, 9.17) is 0 Å². The fourth-order valence-corrected chi connectivity index (χ4v) is 2.07. The molecule has 19 heavy (non-hydrogen) atoms. The van der Waals surface area contributed by atoms with Crippen LogP contribution >= 0.6 is 0 Å². The van der Waals surface area contributed by atoms with Crippen LogP contribution < -0.4 is 5.43 Å². The molecule has 1 saturated heterocycles. The first-order chi connectivity index (χ1) is 9.09. The van der Waals surface area contributed by atoms with E-state index < -0.39 is 22.3 Å². The van der Waals surface area contributed by atoms with E-state index in [0.717, 1.165) is 38.4 Å². The van der Waals surface area contributed by atoms with Crippen LogP contribution in [-0.4, -0.2) is 34.0 Å². The summed E-state index contributed by atoms with van der Waals surface area (Å²) in [5, 5.41) is 22.2. The smallest absolute Gasteiger partial charge is 0.311 e. The molecule has 1 amide bonds. The number of nitrogens with one attached hydrogen (secondary N) is 1. The van der Waals surface area contributed by atoms with Gasteiger partial charge in [0.1, 0.15) is 0 Å². The second-order valence-corrected chi connectivity index (χ2v) is 4.42. The van der Waals surface area contributed by atoms with Crippen LogP contribution in [-0.2, 0) is 0 Å². The summed E-state index contributed by atoms with van der Waals surface area (Å²) < 4.78 is 0. The molecular formula is C12H15N3O4. The van der Waals surface area contributed by atoms with Gasteiger partial charge in [0.2, 0.25) is 5.75 Å². The number of benzene rings is 1. The molecular weight excluding hydrogens is 250 g/mol. The maximum Gasteiger partial charge on any atom is 0.311 e. The number of phenols is 1. The van der Waals surface area contributed by atoms with Crippen LogP contribution in [0.25, 0.3) is 0 Å². The van der Waals surface area contributed by atoms with E-state index in [0.29, 0.717) is 0 Å². The van der Waals surface area contributed by atoms with Crippen molar-refractivity contribution < 1.29 is 14.8 Å². The maximum absolute atomic E-state index is 12.0. The summed E-state index contributed by atoms with van der Waals surface area (Å²) in [6.45, 7) is 1.50. The number of rotatable bonds is 3. The van der Waals surface area contributed by atoms with Gasteiger partial charge in [0.15, 0.2) is 0 Å². The monoisotopic (exact) mass is 265 g/mol. The first kappa shape index (κ1) is 13.3. The number of hydrazine groups is 1. The molecule has 102 valence electrons. The number of carbonyl (C=O) groups is 1. The largest absolute Gasteiger partial charge is 0.502 e. The molecule has 0 radical (unpaired) electrons. The van der Waals surface area contributed by atoms with Crippen molar-refractivity contribution in [1.29, 1.82) is 0 Å². The summed E-state index contributed by atoms with van der Waals surface area (Å²) in [5.74, 6) is -1.12. The highest BCUT2D eigenvalue weighted by Gasteiger charge is 2.22. The van der Waals surface area contributed by atoms with Gasteiger partial charge in [-0.25, -0.2) is 5.01 Å². The number of hydrogen-bond donors (Lipinski definition) is 2. The minimum Gasteiger partial charge on any atom is -0.502 e. The molecule has 7 nitrogen and oxygen atoms in total. The third-order valence-electron chi connectivity index (χ3n) is 3.07. The number of piperidine rings is 1. The number of para-hydroxylation sites is 1. The molecule has 7 heteroatoms. The molecule has 1 fully saturated rings. The Morgan fingerprint density at radius 3 is 2.63 bits per heavy atom. The molecule has 1 heterocycles. The summed E-state index contributed by atoms with van der Waals surface area (Å²) in [6.07, 6.45) is 3.14. The predicted molar refractivity (Wildman–Crippen MR) is 67.7 cm³/mol. The lowest BCUT2D eigenvalue weighted by Crippen LogP contribution is -2.45. The highest BCUT2D eigenvalue weighted by atomic mass is 16.6. The van der Waals surface area contributed by atoms with E-state index >= 15 is 0 Å². The van der Waals surface area contributed by atoms with Crippen molar-refractivity contribution >= 4 is 11.6 Å². The lowest BCUT2D eigenvalue weighted by atomic mass is 10.1. The molecule has 0 spiro atoms. The van der Waals surface area contributed by atoms with Crippen LogP contribution in [0.3, 0.4) is 0 Å².